The summed E-state index contributed by atoms with van der Waals surface area (Å²) in [6, 6.07) is 17.1. The molecule has 2 heterocycles. The number of ether oxygens (including phenoxy) is 2. The Morgan fingerprint density at radius 2 is 1.89 bits per heavy atom. The van der Waals surface area contributed by atoms with E-state index in [-0.39, 0.29) is 43.8 Å². The molecule has 1 fully saturated rings. The number of aromatic nitrogens is 2. The zero-order valence-corrected chi connectivity index (χ0v) is 21.3. The summed E-state index contributed by atoms with van der Waals surface area (Å²) in [5.41, 5.74) is 0.449. The Hall–Kier alpha value is -3.72. The van der Waals surface area contributed by atoms with Crippen LogP contribution in [-0.4, -0.2) is 70.3 Å². The summed E-state index contributed by atoms with van der Waals surface area (Å²) in [6.45, 7) is 3.98. The molecule has 1 aliphatic heterocycles. The van der Waals surface area contributed by atoms with Gasteiger partial charge >= 0.3 is 0 Å². The zero-order chi connectivity index (χ0) is 26.3. The maximum absolute atomic E-state index is 13.4. The highest BCUT2D eigenvalue weighted by molar-refractivity contribution is 5.92. The standard InChI is InChI=1S/C28H33FN4O4/c1-3-15-33-25(13-14-30-33)27(35)32-16-17-37-28(20-32,21-36-24-11-9-23(29)10-12-24)18-26(34)31(2)19-22-7-5-4-6-8-22/h4-14H,3,15-21H2,1-2H3/t28-/m1/s1. The zero-order valence-electron chi connectivity index (χ0n) is 21.3. The van der Waals surface area contributed by atoms with E-state index in [1.54, 1.807) is 33.8 Å². The fourth-order valence-corrected chi connectivity index (χ4v) is 4.43. The maximum atomic E-state index is 13.4. The van der Waals surface area contributed by atoms with Crippen molar-refractivity contribution in [2.75, 3.05) is 33.4 Å². The summed E-state index contributed by atoms with van der Waals surface area (Å²) in [5, 5.41) is 4.27. The van der Waals surface area contributed by atoms with Gasteiger partial charge in [-0.25, -0.2) is 4.39 Å². The summed E-state index contributed by atoms with van der Waals surface area (Å²) < 4.78 is 27.2. The van der Waals surface area contributed by atoms with E-state index in [2.05, 4.69) is 5.10 Å². The fourth-order valence-electron chi connectivity index (χ4n) is 4.43. The van der Waals surface area contributed by atoms with Gasteiger partial charge in [-0.05, 0) is 42.3 Å². The Morgan fingerprint density at radius 1 is 1.14 bits per heavy atom. The molecule has 2 aromatic carbocycles. The van der Waals surface area contributed by atoms with Crippen LogP contribution in [0.1, 0.15) is 35.8 Å². The van der Waals surface area contributed by atoms with Gasteiger partial charge in [-0.15, -0.1) is 0 Å². The van der Waals surface area contributed by atoms with Crippen LogP contribution in [0.4, 0.5) is 4.39 Å². The minimum Gasteiger partial charge on any atom is -0.490 e. The van der Waals surface area contributed by atoms with Crippen LogP contribution in [0, 0.1) is 5.82 Å². The highest BCUT2D eigenvalue weighted by atomic mass is 19.1. The molecule has 3 aromatic rings. The third-order valence-electron chi connectivity index (χ3n) is 6.38. The van der Waals surface area contributed by atoms with Gasteiger partial charge in [-0.1, -0.05) is 37.3 Å². The van der Waals surface area contributed by atoms with E-state index in [1.807, 2.05) is 37.3 Å². The first-order chi connectivity index (χ1) is 17.9. The molecule has 1 aromatic heterocycles. The van der Waals surface area contributed by atoms with Gasteiger partial charge in [0.05, 0.1) is 19.6 Å². The molecular weight excluding hydrogens is 475 g/mol. The monoisotopic (exact) mass is 508 g/mol. The predicted octanol–water partition coefficient (Wildman–Crippen LogP) is 3.77. The number of aryl methyl sites for hydroxylation is 1. The summed E-state index contributed by atoms with van der Waals surface area (Å²) in [5.74, 6) is -0.199. The fraction of sp³-hybridized carbons (Fsp3) is 0.393. The van der Waals surface area contributed by atoms with Crippen LogP contribution in [0.3, 0.4) is 0 Å². The Kier molecular flexibility index (Phi) is 8.55. The lowest BCUT2D eigenvalue weighted by Crippen LogP contribution is -2.58. The van der Waals surface area contributed by atoms with Crippen molar-refractivity contribution in [2.24, 2.45) is 0 Å². The van der Waals surface area contributed by atoms with Crippen LogP contribution in [0.2, 0.25) is 0 Å². The Morgan fingerprint density at radius 3 is 2.62 bits per heavy atom. The minimum absolute atomic E-state index is 0.0233. The number of hydrogen-bond acceptors (Lipinski definition) is 5. The number of benzene rings is 2. The smallest absolute Gasteiger partial charge is 0.272 e. The summed E-state index contributed by atoms with van der Waals surface area (Å²) in [6.07, 6.45) is 2.49. The van der Waals surface area contributed by atoms with Crippen LogP contribution in [-0.2, 0) is 22.6 Å². The van der Waals surface area contributed by atoms with E-state index in [0.717, 1.165) is 12.0 Å². The van der Waals surface area contributed by atoms with Gasteiger partial charge in [0, 0.05) is 32.9 Å². The minimum atomic E-state index is -1.07. The third-order valence-corrected chi connectivity index (χ3v) is 6.38. The van der Waals surface area contributed by atoms with Gasteiger partial charge in [0.25, 0.3) is 5.91 Å². The number of rotatable bonds is 10. The highest BCUT2D eigenvalue weighted by Crippen LogP contribution is 2.27. The van der Waals surface area contributed by atoms with Crippen molar-refractivity contribution in [3.8, 4) is 5.75 Å². The van der Waals surface area contributed by atoms with Crippen molar-refractivity contribution in [1.82, 2.24) is 19.6 Å². The lowest BCUT2D eigenvalue weighted by molar-refractivity contribution is -0.152. The molecule has 0 unspecified atom stereocenters. The second kappa shape index (κ2) is 12.0. The molecule has 1 atom stereocenters. The summed E-state index contributed by atoms with van der Waals surface area (Å²) >= 11 is 0. The first-order valence-corrected chi connectivity index (χ1v) is 12.5. The van der Waals surface area contributed by atoms with Gasteiger partial charge in [-0.2, -0.15) is 5.10 Å². The quantitative estimate of drug-likeness (QED) is 0.417. The molecule has 0 N–H and O–H groups in total. The number of carbonyl (C=O) groups is 2. The average Bonchev–Trinajstić information content (AvgIpc) is 3.37. The van der Waals surface area contributed by atoms with Crippen molar-refractivity contribution in [3.05, 3.63) is 83.9 Å². The molecule has 0 saturated carbocycles. The van der Waals surface area contributed by atoms with Crippen LogP contribution >= 0.6 is 0 Å². The lowest BCUT2D eigenvalue weighted by atomic mass is 9.96. The van der Waals surface area contributed by atoms with Gasteiger partial charge in [-0.3, -0.25) is 14.3 Å². The van der Waals surface area contributed by atoms with E-state index in [4.69, 9.17) is 9.47 Å². The maximum Gasteiger partial charge on any atom is 0.272 e. The number of hydrogen-bond donors (Lipinski definition) is 0. The number of nitrogens with zero attached hydrogens (tertiary/aromatic N) is 4. The van der Waals surface area contributed by atoms with Crippen molar-refractivity contribution in [1.29, 1.82) is 0 Å². The van der Waals surface area contributed by atoms with Crippen molar-refractivity contribution < 1.29 is 23.5 Å². The summed E-state index contributed by atoms with van der Waals surface area (Å²) in [7, 11) is 1.75. The third kappa shape index (κ3) is 6.74. The molecule has 196 valence electrons. The van der Waals surface area contributed by atoms with Crippen molar-refractivity contribution >= 4 is 11.8 Å². The Bertz CT molecular complexity index is 1180. The predicted molar refractivity (Wildman–Crippen MR) is 137 cm³/mol. The van der Waals surface area contributed by atoms with E-state index in [0.29, 0.717) is 31.1 Å². The van der Waals surface area contributed by atoms with Gasteiger partial charge < -0.3 is 19.3 Å². The molecule has 0 spiro atoms. The Labute approximate surface area is 216 Å². The normalized spacial score (nSPS) is 17.4. The SMILES string of the molecule is CCCn1nccc1C(=O)N1CCO[C@](COc2ccc(F)cc2)(CC(=O)N(C)Cc2ccccc2)C1. The van der Waals surface area contributed by atoms with E-state index >= 15 is 0 Å². The topological polar surface area (TPSA) is 76.9 Å². The molecule has 1 saturated heterocycles. The van der Waals surface area contributed by atoms with Crippen molar-refractivity contribution in [2.45, 2.75) is 38.5 Å². The van der Waals surface area contributed by atoms with Crippen LogP contribution in [0.25, 0.3) is 0 Å². The molecule has 9 heteroatoms. The second-order valence-corrected chi connectivity index (χ2v) is 9.35. The van der Waals surface area contributed by atoms with E-state index in [1.165, 1.54) is 24.3 Å². The second-order valence-electron chi connectivity index (χ2n) is 9.35. The average molecular weight is 509 g/mol. The molecule has 0 radical (unpaired) electrons. The van der Waals surface area contributed by atoms with Crippen molar-refractivity contribution in [3.63, 3.8) is 0 Å². The lowest BCUT2D eigenvalue weighted by Gasteiger charge is -2.42. The number of amides is 2. The molecule has 37 heavy (non-hydrogen) atoms. The van der Waals surface area contributed by atoms with E-state index < -0.39 is 5.60 Å². The molecule has 1 aliphatic rings. The first kappa shape index (κ1) is 26.3. The Balaban J connectivity index is 1.53. The van der Waals surface area contributed by atoms with Crippen LogP contribution < -0.4 is 4.74 Å². The molecule has 4 rings (SSSR count). The molecule has 0 aliphatic carbocycles. The molecule has 8 nitrogen and oxygen atoms in total. The van der Waals surface area contributed by atoms with Gasteiger partial charge in [0.15, 0.2) is 0 Å². The number of halogens is 1. The van der Waals surface area contributed by atoms with Gasteiger partial charge in [0.2, 0.25) is 5.91 Å². The van der Waals surface area contributed by atoms with Crippen LogP contribution in [0.15, 0.2) is 66.9 Å². The number of carbonyl (C=O) groups excluding carboxylic acids is 2. The largest absolute Gasteiger partial charge is 0.490 e. The number of morpholine rings is 1. The highest BCUT2D eigenvalue weighted by Gasteiger charge is 2.42. The van der Waals surface area contributed by atoms with Crippen LogP contribution in [0.5, 0.6) is 5.75 Å². The summed E-state index contributed by atoms with van der Waals surface area (Å²) in [4.78, 5) is 30.1. The molecule has 0 bridgehead atoms. The molecule has 2 amide bonds. The first-order valence-electron chi connectivity index (χ1n) is 12.5. The van der Waals surface area contributed by atoms with E-state index in [9.17, 15) is 14.0 Å². The van der Waals surface area contributed by atoms with Gasteiger partial charge in [0.1, 0.15) is 29.5 Å². The molecular formula is C28H33FN4O4.